The number of aromatic nitrogens is 1. The normalized spacial score (nSPS) is 19.1. The molecular formula is C26H23Cl2N3O4S. The zero-order valence-corrected chi connectivity index (χ0v) is 21.5. The Morgan fingerprint density at radius 3 is 2.81 bits per heavy atom. The van der Waals surface area contributed by atoms with Gasteiger partial charge in [0, 0.05) is 45.9 Å². The molecule has 2 aliphatic heterocycles. The molecule has 1 N–H and O–H groups in total. The van der Waals surface area contributed by atoms with Crippen LogP contribution in [0.3, 0.4) is 0 Å². The molecule has 0 saturated carbocycles. The largest absolute Gasteiger partial charge is 0.376 e. The van der Waals surface area contributed by atoms with Gasteiger partial charge in [-0.3, -0.25) is 19.3 Å². The first-order valence-corrected chi connectivity index (χ1v) is 13.1. The van der Waals surface area contributed by atoms with E-state index in [1.165, 1.54) is 4.90 Å². The lowest BCUT2D eigenvalue weighted by Crippen LogP contribution is -2.34. The Kier molecular flexibility index (Phi) is 7.39. The van der Waals surface area contributed by atoms with Crippen LogP contribution < -0.4 is 5.32 Å². The molecule has 0 unspecified atom stereocenters. The highest BCUT2D eigenvalue weighted by molar-refractivity contribution is 8.18. The maximum atomic E-state index is 13.1. The molecule has 0 radical (unpaired) electrons. The fraction of sp³-hybridized carbons (Fsp3) is 0.269. The van der Waals surface area contributed by atoms with Crippen LogP contribution in [0.4, 0.5) is 4.79 Å². The van der Waals surface area contributed by atoms with Crippen molar-refractivity contribution in [1.82, 2.24) is 14.8 Å². The molecule has 2 aromatic carbocycles. The summed E-state index contributed by atoms with van der Waals surface area (Å²) in [6.07, 6.45) is 5.59. The number of para-hydroxylation sites is 1. The number of ether oxygens (including phenoxy) is 1. The van der Waals surface area contributed by atoms with Gasteiger partial charge in [0.2, 0.25) is 5.91 Å². The second kappa shape index (κ2) is 10.7. The van der Waals surface area contributed by atoms with E-state index >= 15 is 0 Å². The molecule has 10 heteroatoms. The third kappa shape index (κ3) is 5.32. The molecule has 0 bridgehead atoms. The summed E-state index contributed by atoms with van der Waals surface area (Å²) in [5.74, 6) is -0.500. The quantitative estimate of drug-likeness (QED) is 0.399. The molecule has 2 saturated heterocycles. The van der Waals surface area contributed by atoms with Crippen molar-refractivity contribution in [2.75, 3.05) is 13.2 Å². The van der Waals surface area contributed by atoms with E-state index in [0.29, 0.717) is 27.1 Å². The van der Waals surface area contributed by atoms with E-state index in [2.05, 4.69) is 5.32 Å². The molecule has 3 amide bonds. The Bertz CT molecular complexity index is 1380. The summed E-state index contributed by atoms with van der Waals surface area (Å²) in [6.45, 7) is 1.43. The van der Waals surface area contributed by atoms with Crippen LogP contribution in [0.1, 0.15) is 24.0 Å². The van der Waals surface area contributed by atoms with Crippen molar-refractivity contribution in [3.05, 3.63) is 74.7 Å². The minimum Gasteiger partial charge on any atom is -0.376 e. The summed E-state index contributed by atoms with van der Waals surface area (Å²) in [4.78, 5) is 39.8. The second-order valence-corrected chi connectivity index (χ2v) is 10.5. The van der Waals surface area contributed by atoms with Gasteiger partial charge in [-0.15, -0.1) is 0 Å². The van der Waals surface area contributed by atoms with Crippen molar-refractivity contribution in [3.8, 4) is 0 Å². The Morgan fingerprint density at radius 1 is 1.19 bits per heavy atom. The molecule has 0 spiro atoms. The van der Waals surface area contributed by atoms with Crippen LogP contribution in [0.2, 0.25) is 10.0 Å². The lowest BCUT2D eigenvalue weighted by atomic mass is 10.1. The lowest BCUT2D eigenvalue weighted by molar-refractivity contribution is -0.123. The number of nitrogens with zero attached hydrogens (tertiary/aromatic N) is 2. The number of thioether (sulfide) groups is 1. The topological polar surface area (TPSA) is 80.6 Å². The predicted octanol–water partition coefficient (Wildman–Crippen LogP) is 5.48. The number of rotatable bonds is 7. The number of hydrogen-bond acceptors (Lipinski definition) is 5. The fourth-order valence-electron chi connectivity index (χ4n) is 4.36. The molecule has 3 aromatic rings. The minimum absolute atomic E-state index is 0.0602. The van der Waals surface area contributed by atoms with Crippen molar-refractivity contribution in [2.45, 2.75) is 32.0 Å². The van der Waals surface area contributed by atoms with Gasteiger partial charge in [0.05, 0.1) is 17.6 Å². The van der Waals surface area contributed by atoms with Gasteiger partial charge in [-0.05, 0) is 54.4 Å². The van der Waals surface area contributed by atoms with Crippen LogP contribution in [0.25, 0.3) is 17.0 Å². The highest BCUT2D eigenvalue weighted by atomic mass is 35.5. The van der Waals surface area contributed by atoms with Gasteiger partial charge in [0.25, 0.3) is 11.1 Å². The SMILES string of the molecule is O=C(Cn1cc(/C=C2\SC(=O)N(Cc3ccc(Cl)cc3Cl)C2=O)c2ccccc21)NC[C@@H]1CCCO1. The predicted molar refractivity (Wildman–Crippen MR) is 142 cm³/mol. The van der Waals surface area contributed by atoms with Crippen molar-refractivity contribution in [1.29, 1.82) is 0 Å². The standard InChI is InChI=1S/C26H23Cl2N3O4S/c27-18-8-7-16(21(28)11-18)14-31-25(33)23(36-26(31)34)10-17-13-30(22-6-2-1-5-20(17)22)15-24(32)29-12-19-4-3-9-35-19/h1-2,5-8,10-11,13,19H,3-4,9,12,14-15H2,(H,29,32)/b23-10-/t19-/m0/s1. The number of imide groups is 1. The van der Waals surface area contributed by atoms with Crippen LogP contribution in [0.5, 0.6) is 0 Å². The molecule has 36 heavy (non-hydrogen) atoms. The van der Waals surface area contributed by atoms with Crippen molar-refractivity contribution in [2.24, 2.45) is 0 Å². The van der Waals surface area contributed by atoms with Crippen LogP contribution in [0, 0.1) is 0 Å². The van der Waals surface area contributed by atoms with Gasteiger partial charge < -0.3 is 14.6 Å². The van der Waals surface area contributed by atoms with Crippen molar-refractivity contribution < 1.29 is 19.1 Å². The zero-order valence-electron chi connectivity index (χ0n) is 19.2. The number of nitrogens with one attached hydrogen (secondary N) is 1. The first kappa shape index (κ1) is 24.9. The van der Waals surface area contributed by atoms with Gasteiger partial charge >= 0.3 is 0 Å². The van der Waals surface area contributed by atoms with Gasteiger partial charge in [-0.2, -0.15) is 0 Å². The number of hydrogen-bond donors (Lipinski definition) is 1. The molecule has 0 aliphatic carbocycles. The molecule has 186 valence electrons. The second-order valence-electron chi connectivity index (χ2n) is 8.67. The molecule has 1 aromatic heterocycles. The first-order chi connectivity index (χ1) is 17.4. The Hall–Kier alpha value is -2.78. The Balaban J connectivity index is 1.35. The summed E-state index contributed by atoms with van der Waals surface area (Å²) < 4.78 is 7.42. The maximum absolute atomic E-state index is 13.1. The number of benzene rings is 2. The van der Waals surface area contributed by atoms with E-state index in [-0.39, 0.29) is 36.2 Å². The van der Waals surface area contributed by atoms with E-state index in [4.69, 9.17) is 27.9 Å². The van der Waals surface area contributed by atoms with Crippen molar-refractivity contribution >= 4 is 69.0 Å². The number of halogens is 2. The van der Waals surface area contributed by atoms with Gasteiger partial charge in [0.1, 0.15) is 6.54 Å². The smallest absolute Gasteiger partial charge is 0.293 e. The van der Waals surface area contributed by atoms with E-state index in [9.17, 15) is 14.4 Å². The van der Waals surface area contributed by atoms with Crippen LogP contribution >= 0.6 is 35.0 Å². The lowest BCUT2D eigenvalue weighted by Gasteiger charge is -2.13. The zero-order chi connectivity index (χ0) is 25.2. The Labute approximate surface area is 222 Å². The average molecular weight is 544 g/mol. The summed E-state index contributed by atoms with van der Waals surface area (Å²) >= 11 is 13.1. The highest BCUT2D eigenvalue weighted by Crippen LogP contribution is 2.36. The van der Waals surface area contributed by atoms with Crippen LogP contribution in [0.15, 0.2) is 53.6 Å². The third-order valence-corrected chi connectivity index (χ3v) is 7.68. The summed E-state index contributed by atoms with van der Waals surface area (Å²) in [6, 6.07) is 12.6. The van der Waals surface area contributed by atoms with Gasteiger partial charge in [-0.1, -0.05) is 47.5 Å². The van der Waals surface area contributed by atoms with Crippen LogP contribution in [-0.4, -0.2) is 45.8 Å². The Morgan fingerprint density at radius 2 is 2.03 bits per heavy atom. The monoisotopic (exact) mass is 543 g/mol. The first-order valence-electron chi connectivity index (χ1n) is 11.5. The van der Waals surface area contributed by atoms with E-state index in [0.717, 1.165) is 47.7 Å². The molecule has 5 rings (SSSR count). The summed E-state index contributed by atoms with van der Waals surface area (Å²) in [5, 5.41) is 4.34. The summed E-state index contributed by atoms with van der Waals surface area (Å²) in [7, 11) is 0. The highest BCUT2D eigenvalue weighted by Gasteiger charge is 2.35. The van der Waals surface area contributed by atoms with Gasteiger partial charge in [0.15, 0.2) is 0 Å². The molecule has 1 atom stereocenters. The number of amides is 3. The molecule has 7 nitrogen and oxygen atoms in total. The third-order valence-electron chi connectivity index (χ3n) is 6.19. The van der Waals surface area contributed by atoms with E-state index in [1.54, 1.807) is 24.3 Å². The number of fused-ring (bicyclic) bond motifs is 1. The van der Waals surface area contributed by atoms with Crippen LogP contribution in [-0.2, 0) is 27.4 Å². The average Bonchev–Trinajstić information content (AvgIpc) is 3.56. The summed E-state index contributed by atoms with van der Waals surface area (Å²) in [5.41, 5.74) is 2.26. The molecule has 2 fully saturated rings. The van der Waals surface area contributed by atoms with Gasteiger partial charge in [-0.25, -0.2) is 0 Å². The molecule has 2 aliphatic rings. The fourth-order valence-corrected chi connectivity index (χ4v) is 5.66. The van der Waals surface area contributed by atoms with E-state index in [1.807, 2.05) is 35.0 Å². The van der Waals surface area contributed by atoms with Crippen molar-refractivity contribution in [3.63, 3.8) is 0 Å². The number of carbonyl (C=O) groups is 3. The number of carbonyl (C=O) groups excluding carboxylic acids is 3. The molecule has 3 heterocycles. The maximum Gasteiger partial charge on any atom is 0.293 e. The minimum atomic E-state index is -0.387. The molecular weight excluding hydrogens is 521 g/mol. The van der Waals surface area contributed by atoms with E-state index < -0.39 is 0 Å².